The average Bonchev–Trinajstić information content (AvgIpc) is 3.23. The van der Waals surface area contributed by atoms with E-state index in [0.29, 0.717) is 12.0 Å². The van der Waals surface area contributed by atoms with Gasteiger partial charge in [0.05, 0.1) is 6.10 Å². The molecule has 0 saturated carbocycles. The highest BCUT2D eigenvalue weighted by Gasteiger charge is 2.25. The Balaban J connectivity index is 1.64. The molecule has 1 aliphatic carbocycles. The van der Waals surface area contributed by atoms with Gasteiger partial charge in [0.15, 0.2) is 11.6 Å². The van der Waals surface area contributed by atoms with Crippen LogP contribution in [0.3, 0.4) is 0 Å². The molecule has 1 N–H and O–H groups in total. The van der Waals surface area contributed by atoms with Crippen molar-refractivity contribution in [2.24, 2.45) is 0 Å². The zero-order valence-electron chi connectivity index (χ0n) is 16.8. The van der Waals surface area contributed by atoms with E-state index in [1.807, 2.05) is 24.3 Å². The summed E-state index contributed by atoms with van der Waals surface area (Å²) in [6, 6.07) is 9.97. The van der Waals surface area contributed by atoms with E-state index in [1.165, 1.54) is 0 Å². The summed E-state index contributed by atoms with van der Waals surface area (Å²) in [5.41, 5.74) is 4.91. The van der Waals surface area contributed by atoms with Crippen LogP contribution in [0, 0.1) is 0 Å². The van der Waals surface area contributed by atoms with E-state index in [9.17, 15) is 14.7 Å². The Bertz CT molecular complexity index is 1140. The number of aromatic nitrogens is 1. The minimum atomic E-state index is -0.227. The second-order valence-electron chi connectivity index (χ2n) is 8.45. The van der Waals surface area contributed by atoms with Crippen molar-refractivity contribution in [2.45, 2.75) is 45.3 Å². The van der Waals surface area contributed by atoms with Crippen LogP contribution in [-0.4, -0.2) is 51.9 Å². The lowest BCUT2D eigenvalue weighted by Crippen LogP contribution is -2.39. The van der Waals surface area contributed by atoms with Gasteiger partial charge in [0.1, 0.15) is 0 Å². The molecule has 150 valence electrons. The normalized spacial score (nSPS) is 19.9. The smallest absolute Gasteiger partial charge is 0.163 e. The Morgan fingerprint density at radius 1 is 1.14 bits per heavy atom. The summed E-state index contributed by atoms with van der Waals surface area (Å²) in [6.45, 7) is 5.04. The first-order valence-electron chi connectivity index (χ1n) is 10.6. The molecule has 1 saturated heterocycles. The molecular formula is C24H26N2O3. The summed E-state index contributed by atoms with van der Waals surface area (Å²) in [5, 5.41) is 12.2. The molecule has 0 radical (unpaired) electrons. The molecule has 0 amide bonds. The van der Waals surface area contributed by atoms with Gasteiger partial charge in [-0.25, -0.2) is 0 Å². The molecule has 29 heavy (non-hydrogen) atoms. The summed E-state index contributed by atoms with van der Waals surface area (Å²) >= 11 is 0. The molecule has 5 rings (SSSR count). The predicted molar refractivity (Wildman–Crippen MR) is 114 cm³/mol. The number of hydrogen-bond acceptors (Lipinski definition) is 4. The quantitative estimate of drug-likeness (QED) is 0.692. The van der Waals surface area contributed by atoms with Gasteiger partial charge >= 0.3 is 0 Å². The molecule has 1 unspecified atom stereocenters. The molecule has 2 aliphatic rings. The van der Waals surface area contributed by atoms with Crippen molar-refractivity contribution in [3.63, 3.8) is 0 Å². The fraction of sp³-hybridized carbons (Fsp3) is 0.417. The van der Waals surface area contributed by atoms with Crippen molar-refractivity contribution < 1.29 is 14.7 Å². The summed E-state index contributed by atoms with van der Waals surface area (Å²) in [6.07, 6.45) is 3.03. The summed E-state index contributed by atoms with van der Waals surface area (Å²) in [5.74, 6) is 0.270. The van der Waals surface area contributed by atoms with Gasteiger partial charge in [-0.1, -0.05) is 0 Å². The zero-order chi connectivity index (χ0) is 20.1. The number of piperidine rings is 1. The SMILES string of the molecule is CC(=O)c1ccc2c(c1)c1c3c(ccc1n2CCN1CCCC(O)C1)C(=O)CC3. The van der Waals surface area contributed by atoms with E-state index in [0.717, 1.165) is 78.4 Å². The minimum Gasteiger partial charge on any atom is -0.392 e. The maximum Gasteiger partial charge on any atom is 0.163 e. The van der Waals surface area contributed by atoms with Gasteiger partial charge in [0, 0.05) is 59.0 Å². The number of carbonyl (C=O) groups excluding carboxylic acids is 2. The van der Waals surface area contributed by atoms with E-state index in [-0.39, 0.29) is 17.7 Å². The number of hydrogen-bond donors (Lipinski definition) is 1. The first kappa shape index (κ1) is 18.5. The number of carbonyl (C=O) groups is 2. The maximum absolute atomic E-state index is 12.3. The summed E-state index contributed by atoms with van der Waals surface area (Å²) in [7, 11) is 0. The third kappa shape index (κ3) is 3.09. The van der Waals surface area contributed by atoms with Crippen LogP contribution in [0.1, 0.15) is 52.5 Å². The van der Waals surface area contributed by atoms with Crippen LogP contribution in [-0.2, 0) is 13.0 Å². The third-order valence-corrected chi connectivity index (χ3v) is 6.57. The Hall–Kier alpha value is -2.50. The van der Waals surface area contributed by atoms with Gasteiger partial charge in [0.2, 0.25) is 0 Å². The second kappa shape index (κ2) is 7.08. The Morgan fingerprint density at radius 2 is 1.97 bits per heavy atom. The van der Waals surface area contributed by atoms with Crippen molar-refractivity contribution in [2.75, 3.05) is 19.6 Å². The van der Waals surface area contributed by atoms with E-state index >= 15 is 0 Å². The van der Waals surface area contributed by atoms with Crippen LogP contribution in [0.15, 0.2) is 30.3 Å². The van der Waals surface area contributed by atoms with E-state index in [2.05, 4.69) is 15.5 Å². The number of aliphatic hydroxyl groups is 1. The highest BCUT2D eigenvalue weighted by atomic mass is 16.3. The van der Waals surface area contributed by atoms with Crippen molar-refractivity contribution in [3.8, 4) is 0 Å². The van der Waals surface area contributed by atoms with E-state index in [1.54, 1.807) is 6.92 Å². The Morgan fingerprint density at radius 3 is 2.76 bits per heavy atom. The molecule has 5 nitrogen and oxygen atoms in total. The third-order valence-electron chi connectivity index (χ3n) is 6.57. The lowest BCUT2D eigenvalue weighted by molar-refractivity contribution is 0.0692. The first-order chi connectivity index (χ1) is 14.0. The topological polar surface area (TPSA) is 62.5 Å². The number of nitrogens with zero attached hydrogens (tertiary/aromatic N) is 2. The highest BCUT2D eigenvalue weighted by Crippen LogP contribution is 2.37. The summed E-state index contributed by atoms with van der Waals surface area (Å²) < 4.78 is 2.32. The molecule has 1 atom stereocenters. The monoisotopic (exact) mass is 390 g/mol. The fourth-order valence-electron chi connectivity index (χ4n) is 5.09. The predicted octanol–water partition coefficient (Wildman–Crippen LogP) is 3.58. The van der Waals surface area contributed by atoms with E-state index in [4.69, 9.17) is 0 Å². The molecule has 5 heteroatoms. The number of fused-ring (bicyclic) bond motifs is 5. The lowest BCUT2D eigenvalue weighted by atomic mass is 10.0. The molecular weight excluding hydrogens is 364 g/mol. The molecule has 0 bridgehead atoms. The number of Topliss-reactive ketones (excluding diaryl/α,β-unsaturated/α-hetero) is 2. The zero-order valence-corrected chi connectivity index (χ0v) is 16.8. The van der Waals surface area contributed by atoms with Gasteiger partial charge in [-0.05, 0) is 68.6 Å². The van der Waals surface area contributed by atoms with Crippen LogP contribution in [0.5, 0.6) is 0 Å². The van der Waals surface area contributed by atoms with E-state index < -0.39 is 0 Å². The van der Waals surface area contributed by atoms with Gasteiger partial charge in [-0.15, -0.1) is 0 Å². The molecule has 2 aromatic carbocycles. The maximum atomic E-state index is 12.3. The second-order valence-corrected chi connectivity index (χ2v) is 8.45. The van der Waals surface area contributed by atoms with Crippen molar-refractivity contribution in [1.29, 1.82) is 0 Å². The number of ketones is 2. The summed E-state index contributed by atoms with van der Waals surface area (Å²) in [4.78, 5) is 26.6. The van der Waals surface area contributed by atoms with Crippen molar-refractivity contribution >= 4 is 33.4 Å². The number of rotatable bonds is 4. The first-order valence-corrected chi connectivity index (χ1v) is 10.6. The number of β-amino-alcohol motifs (C(OH)–C–C–N with tert-alkyl or cyclic N) is 1. The molecule has 1 aliphatic heterocycles. The average molecular weight is 390 g/mol. The number of aliphatic hydroxyl groups excluding tert-OH is 1. The number of likely N-dealkylation sites (tertiary alicyclic amines) is 1. The standard InChI is InChI=1S/C24H26N2O3/c1-15(27)16-4-7-21-20(13-16)24-19-6-9-23(29)18(19)5-8-22(24)26(21)12-11-25-10-2-3-17(28)14-25/h4-5,7-8,13,17,28H,2-3,6,9-12,14H2,1H3. The van der Waals surface area contributed by atoms with Crippen molar-refractivity contribution in [1.82, 2.24) is 9.47 Å². The highest BCUT2D eigenvalue weighted by molar-refractivity contribution is 6.16. The van der Waals surface area contributed by atoms with Gasteiger partial charge < -0.3 is 9.67 Å². The van der Waals surface area contributed by atoms with Crippen LogP contribution in [0.2, 0.25) is 0 Å². The Labute approximate surface area is 169 Å². The van der Waals surface area contributed by atoms with Crippen LogP contribution < -0.4 is 0 Å². The lowest BCUT2D eigenvalue weighted by Gasteiger charge is -2.30. The van der Waals surface area contributed by atoms with Crippen LogP contribution in [0.4, 0.5) is 0 Å². The number of benzene rings is 2. The molecule has 0 spiro atoms. The van der Waals surface area contributed by atoms with Gasteiger partial charge in [0.25, 0.3) is 0 Å². The number of aryl methyl sites for hydroxylation is 1. The minimum absolute atomic E-state index is 0.0544. The molecule has 1 fully saturated rings. The molecule has 1 aromatic heterocycles. The fourth-order valence-corrected chi connectivity index (χ4v) is 5.09. The van der Waals surface area contributed by atoms with Crippen LogP contribution in [0.25, 0.3) is 21.8 Å². The largest absolute Gasteiger partial charge is 0.392 e. The van der Waals surface area contributed by atoms with Gasteiger partial charge in [-0.2, -0.15) is 0 Å². The van der Waals surface area contributed by atoms with Gasteiger partial charge in [-0.3, -0.25) is 14.5 Å². The Kier molecular flexibility index (Phi) is 4.52. The molecule has 2 heterocycles. The van der Waals surface area contributed by atoms with Crippen molar-refractivity contribution in [3.05, 3.63) is 47.0 Å². The van der Waals surface area contributed by atoms with Crippen LogP contribution >= 0.6 is 0 Å². The molecule has 3 aromatic rings.